The van der Waals surface area contributed by atoms with Gasteiger partial charge in [0.1, 0.15) is 0 Å². The number of aromatic nitrogens is 5. The molecular weight excluding hydrogens is 323 g/mol. The second kappa shape index (κ2) is 5.89. The van der Waals surface area contributed by atoms with E-state index >= 15 is 0 Å². The van der Waals surface area contributed by atoms with Gasteiger partial charge in [0.15, 0.2) is 12.0 Å². The lowest BCUT2D eigenvalue weighted by Gasteiger charge is -2.21. The van der Waals surface area contributed by atoms with E-state index < -0.39 is 12.2 Å². The summed E-state index contributed by atoms with van der Waals surface area (Å²) in [5.41, 5.74) is 3.22. The Morgan fingerprint density at radius 3 is 2.72 bits per heavy atom. The molecule has 0 aromatic carbocycles. The fourth-order valence-corrected chi connectivity index (χ4v) is 2.86. The van der Waals surface area contributed by atoms with Crippen LogP contribution in [-0.2, 0) is 6.54 Å². The Bertz CT molecular complexity index is 908. The molecule has 1 N–H and O–H groups in total. The highest BCUT2D eigenvalue weighted by Gasteiger charge is 2.33. The van der Waals surface area contributed by atoms with Gasteiger partial charge in [0.05, 0.1) is 36.5 Å². The summed E-state index contributed by atoms with van der Waals surface area (Å²) >= 11 is 0. The van der Waals surface area contributed by atoms with Gasteiger partial charge in [0.2, 0.25) is 5.95 Å². The summed E-state index contributed by atoms with van der Waals surface area (Å²) in [5, 5.41) is 15.0. The second-order valence-corrected chi connectivity index (χ2v) is 6.27. The third-order valence-corrected chi connectivity index (χ3v) is 4.23. The maximum Gasteiger partial charge on any atom is 0.233 e. The molecule has 1 unspecified atom stereocenters. The van der Waals surface area contributed by atoms with Gasteiger partial charge in [-0.05, 0) is 18.1 Å². The number of aliphatic hydroxyl groups is 1. The highest BCUT2D eigenvalue weighted by Crippen LogP contribution is 2.34. The number of pyridine rings is 1. The minimum atomic E-state index is -0.942. The topological polar surface area (TPSA) is 80.0 Å². The van der Waals surface area contributed by atoms with Gasteiger partial charge in [-0.25, -0.2) is 4.68 Å². The summed E-state index contributed by atoms with van der Waals surface area (Å²) in [6, 6.07) is 3.92. The Hall–Kier alpha value is -2.87. The van der Waals surface area contributed by atoms with Crippen LogP contribution in [0.3, 0.4) is 0 Å². The lowest BCUT2D eigenvalue weighted by molar-refractivity contribution is 0.180. The van der Waals surface area contributed by atoms with E-state index in [-0.39, 0.29) is 5.82 Å². The third kappa shape index (κ3) is 2.74. The quantitative estimate of drug-likeness (QED) is 0.788. The predicted octanol–water partition coefficient (Wildman–Crippen LogP) is 2.33. The Balaban J connectivity index is 1.60. The van der Waals surface area contributed by atoms with E-state index in [2.05, 4.69) is 33.9 Å². The average molecular weight is 340 g/mol. The number of rotatable bonds is 3. The first kappa shape index (κ1) is 15.6. The molecule has 0 radical (unpaired) electrons. The molecule has 7 nitrogen and oxygen atoms in total. The predicted molar refractivity (Wildman–Crippen MR) is 88.6 cm³/mol. The van der Waals surface area contributed by atoms with E-state index in [0.29, 0.717) is 23.7 Å². The number of hydrogen-bond acceptors (Lipinski definition) is 6. The molecule has 1 aliphatic rings. The van der Waals surface area contributed by atoms with Crippen molar-refractivity contribution in [2.75, 3.05) is 4.90 Å². The van der Waals surface area contributed by atoms with Crippen molar-refractivity contribution in [2.45, 2.75) is 32.5 Å². The lowest BCUT2D eigenvalue weighted by Crippen LogP contribution is -2.23. The number of aliphatic hydroxyl groups excluding tert-OH is 1. The van der Waals surface area contributed by atoms with Crippen molar-refractivity contribution in [1.29, 1.82) is 0 Å². The van der Waals surface area contributed by atoms with Crippen molar-refractivity contribution in [3.05, 3.63) is 59.8 Å². The second-order valence-electron chi connectivity index (χ2n) is 6.27. The molecule has 4 heterocycles. The largest absolute Gasteiger partial charge is 0.369 e. The van der Waals surface area contributed by atoms with Gasteiger partial charge in [0.25, 0.3) is 0 Å². The fraction of sp³-hybridized carbons (Fsp3) is 0.294. The molecular formula is C17H17FN6O. The van der Waals surface area contributed by atoms with E-state index in [4.69, 9.17) is 0 Å². The zero-order valence-corrected chi connectivity index (χ0v) is 13.8. The molecule has 0 bridgehead atoms. The van der Waals surface area contributed by atoms with Crippen LogP contribution < -0.4 is 4.90 Å². The number of anilines is 1. The smallest absolute Gasteiger partial charge is 0.233 e. The summed E-state index contributed by atoms with van der Waals surface area (Å²) in [5.74, 6) is -0.0462. The Morgan fingerprint density at radius 1 is 1.24 bits per heavy atom. The molecule has 128 valence electrons. The molecule has 0 saturated carbocycles. The molecule has 4 rings (SSSR count). The van der Waals surface area contributed by atoms with Crippen LogP contribution in [-0.4, -0.2) is 29.8 Å². The SMILES string of the molecule is CC(C)c1ccc(-n2cc3c(n2)CN(c2cncc(F)n2)C3O)cn1. The average Bonchev–Trinajstić information content (AvgIpc) is 3.15. The Morgan fingerprint density at radius 2 is 2.08 bits per heavy atom. The van der Waals surface area contributed by atoms with Gasteiger partial charge < -0.3 is 10.0 Å². The van der Waals surface area contributed by atoms with Crippen LogP contribution in [0.2, 0.25) is 0 Å². The van der Waals surface area contributed by atoms with Crippen LogP contribution in [0, 0.1) is 5.95 Å². The molecule has 8 heteroatoms. The van der Waals surface area contributed by atoms with Crippen LogP contribution in [0.4, 0.5) is 10.2 Å². The van der Waals surface area contributed by atoms with Crippen LogP contribution in [0.25, 0.3) is 5.69 Å². The molecule has 1 atom stereocenters. The van der Waals surface area contributed by atoms with Gasteiger partial charge in [-0.3, -0.25) is 9.97 Å². The zero-order valence-electron chi connectivity index (χ0n) is 13.8. The lowest BCUT2D eigenvalue weighted by atomic mass is 10.1. The molecule has 25 heavy (non-hydrogen) atoms. The van der Waals surface area contributed by atoms with Crippen molar-refractivity contribution in [2.24, 2.45) is 0 Å². The molecule has 0 aliphatic carbocycles. The molecule has 3 aromatic heterocycles. The standard InChI is InChI=1S/C17H17FN6O/c1-10(2)13-4-3-11(5-20-13)24-8-12-14(22-24)9-23(17(12)25)16-7-19-6-15(18)21-16/h3-8,10,17,25H,9H2,1-2H3. The van der Waals surface area contributed by atoms with E-state index in [0.717, 1.165) is 17.6 Å². The monoisotopic (exact) mass is 340 g/mol. The van der Waals surface area contributed by atoms with Gasteiger partial charge in [-0.2, -0.15) is 14.5 Å². The molecule has 0 amide bonds. The first-order chi connectivity index (χ1) is 12.0. The minimum absolute atomic E-state index is 0.278. The van der Waals surface area contributed by atoms with Crippen LogP contribution in [0.5, 0.6) is 0 Å². The molecule has 1 aliphatic heterocycles. The third-order valence-electron chi connectivity index (χ3n) is 4.23. The molecule has 3 aromatic rings. The van der Waals surface area contributed by atoms with E-state index in [1.807, 2.05) is 12.1 Å². The molecule has 0 saturated heterocycles. The summed E-state index contributed by atoms with van der Waals surface area (Å²) in [7, 11) is 0. The number of hydrogen-bond donors (Lipinski definition) is 1. The summed E-state index contributed by atoms with van der Waals surface area (Å²) in [6.45, 7) is 4.51. The minimum Gasteiger partial charge on any atom is -0.369 e. The Kier molecular flexibility index (Phi) is 3.69. The first-order valence-electron chi connectivity index (χ1n) is 8.00. The summed E-state index contributed by atoms with van der Waals surface area (Å²) in [6.07, 6.45) is 5.03. The van der Waals surface area contributed by atoms with Crippen molar-refractivity contribution in [1.82, 2.24) is 24.7 Å². The summed E-state index contributed by atoms with van der Waals surface area (Å²) in [4.78, 5) is 13.5. The maximum absolute atomic E-state index is 13.3. The van der Waals surface area contributed by atoms with Crippen LogP contribution in [0.15, 0.2) is 36.9 Å². The van der Waals surface area contributed by atoms with Crippen molar-refractivity contribution in [3.63, 3.8) is 0 Å². The van der Waals surface area contributed by atoms with E-state index in [9.17, 15) is 9.50 Å². The van der Waals surface area contributed by atoms with Gasteiger partial charge in [0, 0.05) is 17.5 Å². The number of nitrogens with zero attached hydrogens (tertiary/aromatic N) is 6. The highest BCUT2D eigenvalue weighted by atomic mass is 19.1. The van der Waals surface area contributed by atoms with Gasteiger partial charge in [-0.1, -0.05) is 13.8 Å². The van der Waals surface area contributed by atoms with Crippen molar-refractivity contribution < 1.29 is 9.50 Å². The zero-order chi connectivity index (χ0) is 17.6. The maximum atomic E-state index is 13.3. The van der Waals surface area contributed by atoms with Gasteiger partial charge >= 0.3 is 0 Å². The number of fused-ring (bicyclic) bond motifs is 1. The fourth-order valence-electron chi connectivity index (χ4n) is 2.86. The van der Waals surface area contributed by atoms with Gasteiger partial charge in [-0.15, -0.1) is 0 Å². The van der Waals surface area contributed by atoms with Crippen LogP contribution >= 0.6 is 0 Å². The van der Waals surface area contributed by atoms with Crippen molar-refractivity contribution >= 4 is 5.82 Å². The van der Waals surface area contributed by atoms with E-state index in [1.54, 1.807) is 22.0 Å². The molecule has 0 fully saturated rings. The molecule has 0 spiro atoms. The first-order valence-corrected chi connectivity index (χ1v) is 8.00. The van der Waals surface area contributed by atoms with Crippen LogP contribution in [0.1, 0.15) is 42.9 Å². The van der Waals surface area contributed by atoms with E-state index in [1.165, 1.54) is 6.20 Å². The number of halogens is 1. The summed E-state index contributed by atoms with van der Waals surface area (Å²) < 4.78 is 15.0. The normalized spacial score (nSPS) is 16.5. The van der Waals surface area contributed by atoms with Crippen molar-refractivity contribution in [3.8, 4) is 5.69 Å². The highest BCUT2D eigenvalue weighted by molar-refractivity contribution is 5.46. The Labute approximate surface area is 143 Å².